The minimum absolute atomic E-state index is 0.582. The van der Waals surface area contributed by atoms with Gasteiger partial charge >= 0.3 is 0 Å². The molecule has 0 N–H and O–H groups in total. The second-order valence-corrected chi connectivity index (χ2v) is 10.7. The number of benzene rings is 5. The van der Waals surface area contributed by atoms with E-state index in [0.717, 1.165) is 44.0 Å². The van der Waals surface area contributed by atoms with E-state index in [0.29, 0.717) is 23.1 Å². The largest absolute Gasteiger partial charge is 0.438 e. The van der Waals surface area contributed by atoms with Crippen molar-refractivity contribution in [1.82, 2.24) is 9.97 Å². The van der Waals surface area contributed by atoms with Crippen molar-refractivity contribution in [2.75, 3.05) is 4.90 Å². The monoisotopic (exact) mass is 553 g/mol. The highest BCUT2D eigenvalue weighted by Crippen LogP contribution is 2.39. The molecule has 0 bridgehead atoms. The van der Waals surface area contributed by atoms with Gasteiger partial charge in [-0.15, -0.1) is 0 Å². The van der Waals surface area contributed by atoms with Crippen molar-refractivity contribution in [2.45, 2.75) is 0 Å². The molecule has 5 aromatic carbocycles. The zero-order valence-electron chi connectivity index (χ0n) is 22.9. The summed E-state index contributed by atoms with van der Waals surface area (Å²) in [6, 6.07) is 47.7. The van der Waals surface area contributed by atoms with Crippen molar-refractivity contribution < 1.29 is 8.83 Å². The van der Waals surface area contributed by atoms with Crippen LogP contribution in [0.2, 0.25) is 0 Å². The average Bonchev–Trinajstić information content (AvgIpc) is 3.62. The van der Waals surface area contributed by atoms with Gasteiger partial charge in [-0.25, -0.2) is 0 Å². The molecule has 0 aliphatic heterocycles. The summed E-state index contributed by atoms with van der Waals surface area (Å²) < 4.78 is 12.4. The minimum atomic E-state index is 0.582. The molecule has 0 aliphatic carbocycles. The van der Waals surface area contributed by atoms with Crippen LogP contribution >= 0.6 is 0 Å². The van der Waals surface area contributed by atoms with Gasteiger partial charge in [0.05, 0.1) is 0 Å². The molecule has 0 fully saturated rings. The number of nitrogens with zero attached hydrogens (tertiary/aromatic N) is 3. The smallest absolute Gasteiger partial charge is 0.229 e. The van der Waals surface area contributed by atoms with E-state index in [2.05, 4.69) is 95.9 Å². The predicted octanol–water partition coefficient (Wildman–Crippen LogP) is 10.6. The summed E-state index contributed by atoms with van der Waals surface area (Å²) in [4.78, 5) is 12.1. The molecule has 0 radical (unpaired) electrons. The topological polar surface area (TPSA) is 55.3 Å². The molecule has 0 unspecified atom stereocenters. The fourth-order valence-electron chi connectivity index (χ4n) is 6.11. The van der Waals surface area contributed by atoms with Gasteiger partial charge in [0.25, 0.3) is 0 Å². The highest BCUT2D eigenvalue weighted by Gasteiger charge is 2.20. The molecule has 5 heteroatoms. The lowest BCUT2D eigenvalue weighted by Crippen LogP contribution is -2.13. The molecule has 9 aromatic rings. The number of aromatic nitrogens is 2. The summed E-state index contributed by atoms with van der Waals surface area (Å²) in [6.45, 7) is 0. The van der Waals surface area contributed by atoms with Crippen molar-refractivity contribution in [3.05, 3.63) is 140 Å². The van der Waals surface area contributed by atoms with Gasteiger partial charge in [-0.2, -0.15) is 9.97 Å². The lowest BCUT2D eigenvalue weighted by molar-refractivity contribution is 0.653. The normalized spacial score (nSPS) is 11.7. The van der Waals surface area contributed by atoms with Crippen LogP contribution < -0.4 is 4.90 Å². The molecule has 202 valence electrons. The maximum absolute atomic E-state index is 6.19. The van der Waals surface area contributed by atoms with Crippen molar-refractivity contribution in [3.63, 3.8) is 0 Å². The number of furan rings is 2. The molecule has 0 saturated carbocycles. The summed E-state index contributed by atoms with van der Waals surface area (Å²) in [5.74, 6) is 1.40. The number of rotatable bonds is 4. The fraction of sp³-hybridized carbons (Fsp3) is 0. The predicted molar refractivity (Wildman–Crippen MR) is 174 cm³/mol. The van der Waals surface area contributed by atoms with Crippen LogP contribution in [0.1, 0.15) is 0 Å². The number of para-hydroxylation sites is 2. The highest BCUT2D eigenvalue weighted by molar-refractivity contribution is 6.05. The van der Waals surface area contributed by atoms with E-state index in [1.165, 1.54) is 16.3 Å². The quantitative estimate of drug-likeness (QED) is 0.217. The lowest BCUT2D eigenvalue weighted by atomic mass is 9.98. The second kappa shape index (κ2) is 9.29. The molecular weight excluding hydrogens is 530 g/mol. The number of anilines is 3. The highest BCUT2D eigenvalue weighted by atomic mass is 16.3. The van der Waals surface area contributed by atoms with Gasteiger partial charge in [-0.05, 0) is 70.4 Å². The van der Waals surface area contributed by atoms with Crippen LogP contribution in [-0.4, -0.2) is 9.97 Å². The molecule has 0 atom stereocenters. The van der Waals surface area contributed by atoms with Crippen LogP contribution in [-0.2, 0) is 0 Å². The third-order valence-electron chi connectivity index (χ3n) is 8.12. The molecule has 0 spiro atoms. The van der Waals surface area contributed by atoms with E-state index >= 15 is 0 Å². The number of hydrogen-bond donors (Lipinski definition) is 0. The SMILES string of the molecule is c1cc(-c2cccc3ccccc23)cc(N(c2ccc3c(n2)oc2ccccc23)c2ccc3c(n2)oc2ccccc23)c1. The Morgan fingerprint density at radius 2 is 1.00 bits per heavy atom. The molecule has 4 aromatic heterocycles. The number of pyridine rings is 2. The van der Waals surface area contributed by atoms with E-state index in [-0.39, 0.29) is 0 Å². The summed E-state index contributed by atoms with van der Waals surface area (Å²) in [5, 5.41) is 6.45. The van der Waals surface area contributed by atoms with Gasteiger partial charge in [0.1, 0.15) is 22.8 Å². The molecule has 4 heterocycles. The molecule has 0 amide bonds. The van der Waals surface area contributed by atoms with Crippen molar-refractivity contribution in [3.8, 4) is 11.1 Å². The maximum atomic E-state index is 6.19. The van der Waals surface area contributed by atoms with Gasteiger partial charge in [0.2, 0.25) is 11.4 Å². The van der Waals surface area contributed by atoms with Crippen molar-refractivity contribution in [1.29, 1.82) is 0 Å². The Balaban J connectivity index is 1.26. The Morgan fingerprint density at radius 3 is 1.67 bits per heavy atom. The standard InChI is InChI=1S/C38H23N3O2/c1-2-13-27-24(9-1)10-8-16-28(27)25-11-7-12-26(23-25)41(35-21-19-31-29-14-3-5-17-33(29)42-37(31)39-35)36-22-20-32-30-15-4-6-18-34(30)43-38(32)40-36/h1-23H. The van der Waals surface area contributed by atoms with Gasteiger partial charge in [-0.3, -0.25) is 4.90 Å². The van der Waals surface area contributed by atoms with Crippen LogP contribution in [0.15, 0.2) is 148 Å². The zero-order chi connectivity index (χ0) is 28.3. The summed E-state index contributed by atoms with van der Waals surface area (Å²) in [5.41, 5.74) is 5.99. The van der Waals surface area contributed by atoms with Crippen molar-refractivity contribution >= 4 is 72.2 Å². The average molecular weight is 554 g/mol. The Bertz CT molecular complexity index is 2370. The maximum Gasteiger partial charge on any atom is 0.229 e. The third kappa shape index (κ3) is 3.79. The summed E-state index contributed by atoms with van der Waals surface area (Å²) >= 11 is 0. The van der Waals surface area contributed by atoms with E-state index in [9.17, 15) is 0 Å². The Labute approximate surface area is 246 Å². The molecule has 0 aliphatic rings. The van der Waals surface area contributed by atoms with Gasteiger partial charge in [0.15, 0.2) is 0 Å². The van der Waals surface area contributed by atoms with Crippen LogP contribution in [0.3, 0.4) is 0 Å². The van der Waals surface area contributed by atoms with E-state index in [4.69, 9.17) is 18.8 Å². The second-order valence-electron chi connectivity index (χ2n) is 10.7. The van der Waals surface area contributed by atoms with Crippen LogP contribution in [0, 0.1) is 0 Å². The first-order valence-electron chi connectivity index (χ1n) is 14.3. The molecular formula is C38H23N3O2. The zero-order valence-corrected chi connectivity index (χ0v) is 22.9. The Kier molecular flexibility index (Phi) is 5.13. The van der Waals surface area contributed by atoms with Crippen LogP contribution in [0.4, 0.5) is 17.3 Å². The first kappa shape index (κ1) is 23.7. The molecule has 0 saturated heterocycles. The number of hydrogen-bond acceptors (Lipinski definition) is 5. The first-order chi connectivity index (χ1) is 21.3. The number of fused-ring (bicyclic) bond motifs is 7. The lowest BCUT2D eigenvalue weighted by Gasteiger charge is -2.23. The Morgan fingerprint density at radius 1 is 0.442 bits per heavy atom. The van der Waals surface area contributed by atoms with E-state index in [1.54, 1.807) is 0 Å². The van der Waals surface area contributed by atoms with Crippen molar-refractivity contribution in [2.24, 2.45) is 0 Å². The summed E-state index contributed by atoms with van der Waals surface area (Å²) in [6.07, 6.45) is 0. The van der Waals surface area contributed by atoms with E-state index < -0.39 is 0 Å². The summed E-state index contributed by atoms with van der Waals surface area (Å²) in [7, 11) is 0. The molecule has 5 nitrogen and oxygen atoms in total. The van der Waals surface area contributed by atoms with Gasteiger partial charge in [0, 0.05) is 27.2 Å². The van der Waals surface area contributed by atoms with Crippen LogP contribution in [0.25, 0.3) is 66.0 Å². The Hall–Kier alpha value is -5.94. The molecule has 9 rings (SSSR count). The van der Waals surface area contributed by atoms with Crippen LogP contribution in [0.5, 0.6) is 0 Å². The fourth-order valence-corrected chi connectivity index (χ4v) is 6.11. The van der Waals surface area contributed by atoms with Gasteiger partial charge in [-0.1, -0.05) is 91.0 Å². The van der Waals surface area contributed by atoms with E-state index in [1.807, 2.05) is 48.5 Å². The minimum Gasteiger partial charge on any atom is -0.438 e. The molecule has 43 heavy (non-hydrogen) atoms. The van der Waals surface area contributed by atoms with Gasteiger partial charge < -0.3 is 8.83 Å². The first-order valence-corrected chi connectivity index (χ1v) is 14.3. The third-order valence-corrected chi connectivity index (χ3v) is 8.12.